The molecule has 8 heteroatoms. The van der Waals surface area contributed by atoms with E-state index in [0.717, 1.165) is 48.8 Å². The number of ether oxygens (including phenoxy) is 2. The number of nitrogens with zero attached hydrogens (tertiary/aromatic N) is 2. The average Bonchev–Trinajstić information content (AvgIpc) is 2.89. The largest absolute Gasteiger partial charge is 0.481 e. The molecule has 0 aliphatic heterocycles. The van der Waals surface area contributed by atoms with Crippen LogP contribution in [0, 0.1) is 5.92 Å². The normalized spacial score (nSPS) is 18.3. The zero-order chi connectivity index (χ0) is 27.1. The number of amides is 1. The van der Waals surface area contributed by atoms with Crippen molar-refractivity contribution >= 4 is 34.8 Å². The number of rotatable bonds is 8. The maximum atomic E-state index is 12.3. The van der Waals surface area contributed by atoms with Gasteiger partial charge in [0, 0.05) is 37.0 Å². The second-order valence-corrected chi connectivity index (χ2v) is 11.2. The molecule has 0 bridgehead atoms. The Labute approximate surface area is 230 Å². The van der Waals surface area contributed by atoms with Crippen LogP contribution in [0.4, 0.5) is 4.79 Å². The Hall–Kier alpha value is -3.16. The fourth-order valence-electron chi connectivity index (χ4n) is 4.82. The maximum absolute atomic E-state index is 12.3. The summed E-state index contributed by atoms with van der Waals surface area (Å²) in [4.78, 5) is 21.4. The summed E-state index contributed by atoms with van der Waals surface area (Å²) in [5, 5.41) is 7.22. The number of carbonyl (C=O) groups is 1. The molecule has 0 unspecified atom stereocenters. The van der Waals surface area contributed by atoms with Gasteiger partial charge >= 0.3 is 6.09 Å². The number of halogens is 1. The van der Waals surface area contributed by atoms with E-state index >= 15 is 0 Å². The Balaban J connectivity index is 1.55. The highest BCUT2D eigenvalue weighted by Gasteiger charge is 2.27. The van der Waals surface area contributed by atoms with E-state index in [1.807, 2.05) is 32.9 Å². The molecule has 1 saturated carbocycles. The fourth-order valence-corrected chi connectivity index (χ4v) is 5.02. The van der Waals surface area contributed by atoms with Crippen LogP contribution >= 0.6 is 11.6 Å². The summed E-state index contributed by atoms with van der Waals surface area (Å²) >= 11 is 6.68. The lowest BCUT2D eigenvalue weighted by molar-refractivity contribution is 0.0489. The van der Waals surface area contributed by atoms with E-state index in [1.165, 1.54) is 11.1 Å². The Morgan fingerprint density at radius 1 is 1.11 bits per heavy atom. The van der Waals surface area contributed by atoms with Crippen LogP contribution in [0.25, 0.3) is 17.1 Å². The van der Waals surface area contributed by atoms with Gasteiger partial charge in [-0.2, -0.15) is 0 Å². The number of pyridine rings is 2. The summed E-state index contributed by atoms with van der Waals surface area (Å²) < 4.78 is 10.8. The molecule has 1 fully saturated rings. The predicted octanol–water partition coefficient (Wildman–Crippen LogP) is 6.55. The van der Waals surface area contributed by atoms with Crippen LogP contribution in [0.1, 0.15) is 57.6 Å². The molecule has 3 aromatic rings. The van der Waals surface area contributed by atoms with Crippen molar-refractivity contribution in [2.45, 2.75) is 64.6 Å². The van der Waals surface area contributed by atoms with Crippen LogP contribution in [0.2, 0.25) is 5.02 Å². The van der Waals surface area contributed by atoms with E-state index in [2.05, 4.69) is 50.9 Å². The Kier molecular flexibility index (Phi) is 9.23. The van der Waals surface area contributed by atoms with Crippen molar-refractivity contribution in [1.82, 2.24) is 20.6 Å². The molecule has 0 radical (unpaired) electrons. The van der Waals surface area contributed by atoms with E-state index in [4.69, 9.17) is 21.1 Å². The van der Waals surface area contributed by atoms with Crippen molar-refractivity contribution in [3.63, 3.8) is 0 Å². The first-order chi connectivity index (χ1) is 18.2. The molecule has 1 aromatic carbocycles. The lowest BCUT2D eigenvalue weighted by Gasteiger charge is -2.31. The van der Waals surface area contributed by atoms with Crippen molar-refractivity contribution < 1.29 is 14.3 Å². The first-order valence-corrected chi connectivity index (χ1v) is 13.5. The van der Waals surface area contributed by atoms with Gasteiger partial charge in [-0.25, -0.2) is 9.78 Å². The third-order valence-electron chi connectivity index (χ3n) is 6.69. The first-order valence-electron chi connectivity index (χ1n) is 13.2. The number of benzene rings is 1. The first kappa shape index (κ1) is 27.9. The molecule has 202 valence electrons. The summed E-state index contributed by atoms with van der Waals surface area (Å²) in [5.74, 6) is 0.869. The van der Waals surface area contributed by atoms with Crippen LogP contribution < -0.4 is 15.4 Å². The minimum atomic E-state index is -0.509. The molecule has 38 heavy (non-hydrogen) atoms. The molecule has 1 aliphatic rings. The molecule has 0 saturated heterocycles. The van der Waals surface area contributed by atoms with Crippen LogP contribution in [0.15, 0.2) is 54.2 Å². The summed E-state index contributed by atoms with van der Waals surface area (Å²) in [6, 6.07) is 14.2. The Morgan fingerprint density at radius 2 is 1.84 bits per heavy atom. The van der Waals surface area contributed by atoms with Gasteiger partial charge < -0.3 is 20.1 Å². The topological polar surface area (TPSA) is 85.4 Å². The standard InChI is InChI=1S/C30H37ClN4O3/c1-30(2,3)38-29(36)34-23-12-10-21(11-13-23)22(18-32-17-20-8-6-5-7-9-20)16-24-25(31)19-33-26-14-15-27(37-4)35-28(24)26/h5-9,14-16,19,21,23,32H,10-13,17-18H2,1-4H3,(H,34,36)/b22-16-. The number of nitrogens with one attached hydrogen (secondary N) is 2. The van der Waals surface area contributed by atoms with Crippen molar-refractivity contribution in [3.8, 4) is 5.88 Å². The smallest absolute Gasteiger partial charge is 0.407 e. The van der Waals surface area contributed by atoms with E-state index in [1.54, 1.807) is 19.4 Å². The molecule has 2 aromatic heterocycles. The zero-order valence-corrected chi connectivity index (χ0v) is 23.3. The van der Waals surface area contributed by atoms with Crippen molar-refractivity contribution in [2.24, 2.45) is 5.92 Å². The molecule has 1 amide bonds. The predicted molar refractivity (Wildman–Crippen MR) is 152 cm³/mol. The number of alkyl carbamates (subject to hydrolysis) is 1. The zero-order valence-electron chi connectivity index (χ0n) is 22.6. The van der Waals surface area contributed by atoms with E-state index in [0.29, 0.717) is 23.4 Å². The van der Waals surface area contributed by atoms with Crippen LogP contribution in [0.3, 0.4) is 0 Å². The summed E-state index contributed by atoms with van der Waals surface area (Å²) in [6.45, 7) is 7.11. The number of aromatic nitrogens is 2. The molecule has 4 rings (SSSR count). The Bertz CT molecular complexity index is 1270. The molecule has 1 aliphatic carbocycles. The van der Waals surface area contributed by atoms with Gasteiger partial charge in [-0.1, -0.05) is 53.6 Å². The van der Waals surface area contributed by atoms with Crippen LogP contribution in [-0.4, -0.2) is 41.4 Å². The van der Waals surface area contributed by atoms with Crippen molar-refractivity contribution in [1.29, 1.82) is 0 Å². The Morgan fingerprint density at radius 3 is 2.53 bits per heavy atom. The van der Waals surface area contributed by atoms with Gasteiger partial charge in [-0.15, -0.1) is 0 Å². The van der Waals surface area contributed by atoms with Gasteiger partial charge in [0.2, 0.25) is 5.88 Å². The second kappa shape index (κ2) is 12.6. The molecule has 2 N–H and O–H groups in total. The second-order valence-electron chi connectivity index (χ2n) is 10.7. The highest BCUT2D eigenvalue weighted by atomic mass is 35.5. The van der Waals surface area contributed by atoms with Crippen LogP contribution in [-0.2, 0) is 11.3 Å². The third-order valence-corrected chi connectivity index (χ3v) is 6.99. The van der Waals surface area contributed by atoms with Crippen LogP contribution in [0.5, 0.6) is 5.88 Å². The quantitative estimate of drug-likeness (QED) is 0.339. The van der Waals surface area contributed by atoms with Gasteiger partial charge in [-0.3, -0.25) is 4.98 Å². The third kappa shape index (κ3) is 7.68. The maximum Gasteiger partial charge on any atom is 0.407 e. The molecule has 7 nitrogen and oxygen atoms in total. The minimum Gasteiger partial charge on any atom is -0.481 e. The molecular formula is C30H37ClN4O3. The fraction of sp³-hybridized carbons (Fsp3) is 0.433. The molecule has 0 spiro atoms. The van der Waals surface area contributed by atoms with Crippen molar-refractivity contribution in [2.75, 3.05) is 13.7 Å². The molecular weight excluding hydrogens is 500 g/mol. The van der Waals surface area contributed by atoms with E-state index in [-0.39, 0.29) is 12.1 Å². The summed E-state index contributed by atoms with van der Waals surface area (Å²) in [5.41, 5.74) is 4.32. The highest BCUT2D eigenvalue weighted by molar-refractivity contribution is 6.33. The summed E-state index contributed by atoms with van der Waals surface area (Å²) in [6.07, 6.45) is 7.18. The molecule has 2 heterocycles. The average molecular weight is 537 g/mol. The van der Waals surface area contributed by atoms with Gasteiger partial charge in [0.1, 0.15) is 11.1 Å². The summed E-state index contributed by atoms with van der Waals surface area (Å²) in [7, 11) is 1.60. The number of carbonyl (C=O) groups excluding carboxylic acids is 1. The SMILES string of the molecule is COc1ccc2ncc(Cl)c(/C=C(/CNCc3ccccc3)C3CCC(NC(=O)OC(C)(C)C)CC3)c2n1. The van der Waals surface area contributed by atoms with Gasteiger partial charge in [0.25, 0.3) is 0 Å². The molecule has 0 atom stereocenters. The van der Waals surface area contributed by atoms with E-state index < -0.39 is 5.60 Å². The van der Waals surface area contributed by atoms with Crippen molar-refractivity contribution in [3.05, 3.63) is 70.4 Å². The number of hydrogen-bond acceptors (Lipinski definition) is 6. The highest BCUT2D eigenvalue weighted by Crippen LogP contribution is 2.34. The van der Waals surface area contributed by atoms with Gasteiger partial charge in [-0.05, 0) is 64.0 Å². The monoisotopic (exact) mass is 536 g/mol. The van der Waals surface area contributed by atoms with Gasteiger partial charge in [0.05, 0.1) is 17.6 Å². The minimum absolute atomic E-state index is 0.107. The number of methoxy groups -OCH3 is 1. The lowest BCUT2D eigenvalue weighted by Crippen LogP contribution is -2.41. The number of fused-ring (bicyclic) bond motifs is 1. The number of hydrogen-bond donors (Lipinski definition) is 2. The van der Waals surface area contributed by atoms with E-state index in [9.17, 15) is 4.79 Å². The van der Waals surface area contributed by atoms with Gasteiger partial charge in [0.15, 0.2) is 0 Å². The lowest BCUT2D eigenvalue weighted by atomic mass is 9.80.